The number of nitro benzene ring substituents is 1. The highest BCUT2D eigenvalue weighted by Crippen LogP contribution is 2.38. The smallest absolute Gasteiger partial charge is 0.337 e. The Morgan fingerprint density at radius 1 is 1.18 bits per heavy atom. The van der Waals surface area contributed by atoms with Crippen molar-refractivity contribution >= 4 is 21.7 Å². The maximum atomic E-state index is 15.4. The first-order valence-electron chi connectivity index (χ1n) is 8.30. The van der Waals surface area contributed by atoms with Crippen molar-refractivity contribution in [2.75, 3.05) is 20.2 Å². The van der Waals surface area contributed by atoms with E-state index in [1.165, 1.54) is 31.4 Å². The molecule has 0 aliphatic carbocycles. The van der Waals surface area contributed by atoms with Crippen LogP contribution in [0.1, 0.15) is 22.3 Å². The Labute approximate surface area is 160 Å². The van der Waals surface area contributed by atoms with Gasteiger partial charge in [0.25, 0.3) is 5.69 Å². The second-order valence-electron chi connectivity index (χ2n) is 6.37. The average molecular weight is 408 g/mol. The zero-order chi connectivity index (χ0) is 20.5. The fraction of sp³-hybridized carbons (Fsp3) is 0.278. The van der Waals surface area contributed by atoms with Gasteiger partial charge in [-0.15, -0.1) is 0 Å². The van der Waals surface area contributed by atoms with Crippen molar-refractivity contribution in [2.24, 2.45) is 0 Å². The molecule has 1 fully saturated rings. The first-order valence-corrected chi connectivity index (χ1v) is 9.74. The van der Waals surface area contributed by atoms with Gasteiger partial charge in [-0.3, -0.25) is 10.1 Å². The van der Waals surface area contributed by atoms with E-state index in [0.29, 0.717) is 0 Å². The molecule has 2 aromatic carbocycles. The highest BCUT2D eigenvalue weighted by Gasteiger charge is 2.44. The molecule has 0 spiro atoms. The van der Waals surface area contributed by atoms with E-state index < -0.39 is 26.6 Å². The number of ether oxygens (including phenoxy) is 1. The van der Waals surface area contributed by atoms with E-state index >= 15 is 4.39 Å². The molecule has 0 saturated carbocycles. The number of halogens is 1. The van der Waals surface area contributed by atoms with Gasteiger partial charge in [0.05, 0.1) is 29.0 Å². The van der Waals surface area contributed by atoms with Crippen LogP contribution in [0.15, 0.2) is 53.4 Å². The summed E-state index contributed by atoms with van der Waals surface area (Å²) in [6.45, 7) is -0.418. The van der Waals surface area contributed by atoms with E-state index in [0.717, 1.165) is 28.6 Å². The summed E-state index contributed by atoms with van der Waals surface area (Å²) in [7, 11) is -2.75. The second-order valence-corrected chi connectivity index (χ2v) is 8.31. The zero-order valence-electron chi connectivity index (χ0n) is 14.9. The Morgan fingerprint density at radius 2 is 1.79 bits per heavy atom. The third kappa shape index (κ3) is 3.60. The number of alkyl halides is 1. The Kier molecular flexibility index (Phi) is 5.18. The van der Waals surface area contributed by atoms with E-state index in [1.807, 2.05) is 0 Å². The molecule has 1 atom stereocenters. The van der Waals surface area contributed by atoms with Crippen molar-refractivity contribution < 1.29 is 27.3 Å². The molecule has 0 radical (unpaired) electrons. The third-order valence-corrected chi connectivity index (χ3v) is 6.55. The van der Waals surface area contributed by atoms with Gasteiger partial charge < -0.3 is 4.74 Å². The number of carbonyl (C=O) groups is 1. The summed E-state index contributed by atoms with van der Waals surface area (Å²) >= 11 is 0. The van der Waals surface area contributed by atoms with Crippen LogP contribution >= 0.6 is 0 Å². The standard InChI is InChI=1S/C18H17FN2O6S/c1-27-17(22)13-2-4-14(5-3-13)18(19)10-11-20(12-18)28(25,26)16-8-6-15(7-9-16)21(23)24/h2-9H,10-12H2,1H3/t18-/m1/s1. The topological polar surface area (TPSA) is 107 Å². The summed E-state index contributed by atoms with van der Waals surface area (Å²) in [4.78, 5) is 21.4. The molecule has 0 N–H and O–H groups in total. The van der Waals surface area contributed by atoms with Gasteiger partial charge in [0.1, 0.15) is 0 Å². The maximum absolute atomic E-state index is 15.4. The predicted octanol–water partition coefficient (Wildman–Crippen LogP) is 2.64. The zero-order valence-corrected chi connectivity index (χ0v) is 15.7. The van der Waals surface area contributed by atoms with Crippen LogP contribution in [0.4, 0.5) is 10.1 Å². The fourth-order valence-electron chi connectivity index (χ4n) is 3.09. The van der Waals surface area contributed by atoms with Crippen molar-refractivity contribution in [1.29, 1.82) is 0 Å². The molecule has 0 bridgehead atoms. The van der Waals surface area contributed by atoms with Crippen LogP contribution in [-0.4, -0.2) is 43.8 Å². The van der Waals surface area contributed by atoms with Crippen LogP contribution in [0.25, 0.3) is 0 Å². The van der Waals surface area contributed by atoms with E-state index in [2.05, 4.69) is 4.74 Å². The van der Waals surface area contributed by atoms with Gasteiger partial charge >= 0.3 is 5.97 Å². The van der Waals surface area contributed by atoms with Gasteiger partial charge in [-0.1, -0.05) is 12.1 Å². The number of methoxy groups -OCH3 is 1. The number of rotatable bonds is 5. The molecule has 3 rings (SSSR count). The van der Waals surface area contributed by atoms with Crippen molar-refractivity contribution in [3.8, 4) is 0 Å². The highest BCUT2D eigenvalue weighted by atomic mass is 32.2. The molecule has 1 heterocycles. The SMILES string of the molecule is COC(=O)c1ccc([C@@]2(F)CCN(S(=O)(=O)c3ccc([N+](=O)[O-])cc3)C2)cc1. The largest absolute Gasteiger partial charge is 0.465 e. The number of benzene rings is 2. The molecule has 1 aliphatic heterocycles. The van der Waals surface area contributed by atoms with Crippen molar-refractivity contribution in [3.05, 3.63) is 69.8 Å². The van der Waals surface area contributed by atoms with Crippen LogP contribution < -0.4 is 0 Å². The van der Waals surface area contributed by atoms with Crippen molar-refractivity contribution in [3.63, 3.8) is 0 Å². The lowest BCUT2D eigenvalue weighted by Gasteiger charge is -2.21. The molecule has 10 heteroatoms. The number of carbonyl (C=O) groups excluding carboxylic acids is 1. The molecular weight excluding hydrogens is 391 g/mol. The molecule has 1 saturated heterocycles. The first-order chi connectivity index (χ1) is 13.2. The number of nitro groups is 1. The van der Waals surface area contributed by atoms with Crippen LogP contribution in [0.3, 0.4) is 0 Å². The van der Waals surface area contributed by atoms with Gasteiger partial charge in [0.2, 0.25) is 10.0 Å². The summed E-state index contributed by atoms with van der Waals surface area (Å²) in [5.74, 6) is -0.548. The Balaban J connectivity index is 1.81. The van der Waals surface area contributed by atoms with Crippen LogP contribution in [0, 0.1) is 10.1 Å². The van der Waals surface area contributed by atoms with Gasteiger partial charge in [-0.2, -0.15) is 4.31 Å². The number of hydrogen-bond donors (Lipinski definition) is 0. The number of hydrogen-bond acceptors (Lipinski definition) is 6. The number of sulfonamides is 1. The van der Waals surface area contributed by atoms with Crippen LogP contribution in [-0.2, 0) is 20.4 Å². The van der Waals surface area contributed by atoms with Gasteiger partial charge in [0.15, 0.2) is 5.67 Å². The van der Waals surface area contributed by atoms with E-state index in [-0.39, 0.29) is 41.2 Å². The molecule has 8 nitrogen and oxygen atoms in total. The molecular formula is C18H17FN2O6S. The molecule has 1 aliphatic rings. The van der Waals surface area contributed by atoms with Crippen molar-refractivity contribution in [1.82, 2.24) is 4.31 Å². The lowest BCUT2D eigenvalue weighted by molar-refractivity contribution is -0.384. The summed E-state index contributed by atoms with van der Waals surface area (Å²) < 4.78 is 46.5. The van der Waals surface area contributed by atoms with Crippen LogP contribution in [0.5, 0.6) is 0 Å². The van der Waals surface area contributed by atoms with Crippen molar-refractivity contribution in [2.45, 2.75) is 17.0 Å². The average Bonchev–Trinajstić information content (AvgIpc) is 3.12. The predicted molar refractivity (Wildman–Crippen MR) is 97.0 cm³/mol. The molecule has 0 amide bonds. The van der Waals surface area contributed by atoms with E-state index in [9.17, 15) is 23.3 Å². The van der Waals surface area contributed by atoms with E-state index in [1.54, 1.807) is 0 Å². The van der Waals surface area contributed by atoms with E-state index in [4.69, 9.17) is 0 Å². The number of esters is 1. The third-order valence-electron chi connectivity index (χ3n) is 4.69. The molecule has 28 heavy (non-hydrogen) atoms. The van der Waals surface area contributed by atoms with Gasteiger partial charge in [-0.25, -0.2) is 17.6 Å². The number of non-ortho nitro benzene ring substituents is 1. The lowest BCUT2D eigenvalue weighted by atomic mass is 9.94. The summed E-state index contributed by atoms with van der Waals surface area (Å²) in [6, 6.07) is 10.2. The van der Waals surface area contributed by atoms with Gasteiger partial charge in [-0.05, 0) is 29.8 Å². The minimum atomic E-state index is -3.99. The highest BCUT2D eigenvalue weighted by molar-refractivity contribution is 7.89. The fourth-order valence-corrected chi connectivity index (χ4v) is 4.58. The summed E-state index contributed by atoms with van der Waals surface area (Å²) in [5.41, 5.74) is -1.60. The molecule has 2 aromatic rings. The summed E-state index contributed by atoms with van der Waals surface area (Å²) in [5, 5.41) is 10.7. The number of nitrogens with zero attached hydrogens (tertiary/aromatic N) is 2. The quantitative estimate of drug-likeness (QED) is 0.428. The second kappa shape index (κ2) is 7.28. The molecule has 148 valence electrons. The van der Waals surface area contributed by atoms with Gasteiger partial charge in [0, 0.05) is 25.1 Å². The summed E-state index contributed by atoms with van der Waals surface area (Å²) in [6.07, 6.45) is -0.0449. The normalized spacial score (nSPS) is 20.1. The molecule has 0 unspecified atom stereocenters. The maximum Gasteiger partial charge on any atom is 0.337 e. The lowest BCUT2D eigenvalue weighted by Crippen LogP contribution is -2.32. The monoisotopic (exact) mass is 408 g/mol. The minimum Gasteiger partial charge on any atom is -0.465 e. The minimum absolute atomic E-state index is 0.0332. The Morgan fingerprint density at radius 3 is 2.32 bits per heavy atom. The first kappa shape index (κ1) is 19.9. The Bertz CT molecular complexity index is 1010. The molecule has 0 aromatic heterocycles. The Hall–Kier alpha value is -2.85. The van der Waals surface area contributed by atoms with Crippen LogP contribution in [0.2, 0.25) is 0 Å².